The number of rotatable bonds is 8. The van der Waals surface area contributed by atoms with Crippen LogP contribution in [0.1, 0.15) is 19.3 Å². The molecule has 0 aromatic heterocycles. The molecular formula is C16H26O3Si. The average molecular weight is 294 g/mol. The van der Waals surface area contributed by atoms with E-state index in [0.717, 1.165) is 19.1 Å². The quantitative estimate of drug-likeness (QED) is 0.298. The molecule has 20 heavy (non-hydrogen) atoms. The van der Waals surface area contributed by atoms with Gasteiger partial charge in [0.2, 0.25) is 0 Å². The summed E-state index contributed by atoms with van der Waals surface area (Å²) in [5, 5.41) is 0. The van der Waals surface area contributed by atoms with Gasteiger partial charge in [0.25, 0.3) is 0 Å². The number of ketones is 1. The highest BCUT2D eigenvalue weighted by Crippen LogP contribution is 2.33. The Morgan fingerprint density at radius 1 is 1.40 bits per heavy atom. The highest BCUT2D eigenvalue weighted by molar-refractivity contribution is 6.76. The molecule has 0 radical (unpaired) electrons. The van der Waals surface area contributed by atoms with Gasteiger partial charge >= 0.3 is 0 Å². The topological polar surface area (TPSA) is 35.5 Å². The van der Waals surface area contributed by atoms with Gasteiger partial charge < -0.3 is 9.47 Å². The van der Waals surface area contributed by atoms with Crippen LogP contribution in [0.3, 0.4) is 0 Å². The van der Waals surface area contributed by atoms with E-state index < -0.39 is 8.07 Å². The van der Waals surface area contributed by atoms with Crippen molar-refractivity contribution in [3.8, 4) is 12.3 Å². The van der Waals surface area contributed by atoms with Crippen LogP contribution in [-0.4, -0.2) is 33.9 Å². The summed E-state index contributed by atoms with van der Waals surface area (Å²) < 4.78 is 11.1. The maximum absolute atomic E-state index is 11.3. The molecule has 0 spiro atoms. The molecule has 112 valence electrons. The molecule has 0 unspecified atom stereocenters. The zero-order valence-electron chi connectivity index (χ0n) is 12.9. The van der Waals surface area contributed by atoms with E-state index in [4.69, 9.17) is 15.9 Å². The van der Waals surface area contributed by atoms with Gasteiger partial charge in [-0.3, -0.25) is 4.79 Å². The summed E-state index contributed by atoms with van der Waals surface area (Å²) in [5.41, 5.74) is -0.190. The van der Waals surface area contributed by atoms with E-state index in [1.165, 1.54) is 0 Å². The van der Waals surface area contributed by atoms with Crippen molar-refractivity contribution in [2.45, 2.75) is 44.9 Å². The molecule has 0 saturated heterocycles. The fourth-order valence-corrected chi connectivity index (χ4v) is 2.83. The average Bonchev–Trinajstić information content (AvgIpc) is 2.36. The van der Waals surface area contributed by atoms with Crippen molar-refractivity contribution in [2.24, 2.45) is 5.41 Å². The smallest absolute Gasteiger partial charge is 0.155 e. The number of carbonyl (C=O) groups excluding carboxylic acids is 1. The standard InChI is InChI=1S/C16H26O3Si/c1-5-8-16(9-6-15(17)7-10-16)13-19-14-18-11-12-20(2,3)4/h1,6,9H,7-8,10-14H2,2-4H3/t16-/m1/s1. The maximum Gasteiger partial charge on any atom is 0.155 e. The molecule has 0 aromatic carbocycles. The first kappa shape index (κ1) is 17.2. The van der Waals surface area contributed by atoms with Crippen LogP contribution in [0.4, 0.5) is 0 Å². The monoisotopic (exact) mass is 294 g/mol. The molecule has 3 nitrogen and oxygen atoms in total. The summed E-state index contributed by atoms with van der Waals surface area (Å²) in [4.78, 5) is 11.3. The van der Waals surface area contributed by atoms with Crippen molar-refractivity contribution in [1.29, 1.82) is 0 Å². The Bertz CT molecular complexity index is 390. The fourth-order valence-electron chi connectivity index (χ4n) is 2.07. The lowest BCUT2D eigenvalue weighted by atomic mass is 9.77. The van der Waals surface area contributed by atoms with Crippen LogP contribution in [0.2, 0.25) is 25.7 Å². The van der Waals surface area contributed by atoms with Crippen molar-refractivity contribution < 1.29 is 14.3 Å². The second-order valence-corrected chi connectivity index (χ2v) is 12.3. The molecule has 0 amide bonds. The van der Waals surface area contributed by atoms with Crippen molar-refractivity contribution in [1.82, 2.24) is 0 Å². The number of ether oxygens (including phenoxy) is 2. The molecular weight excluding hydrogens is 268 g/mol. The summed E-state index contributed by atoms with van der Waals surface area (Å²) in [6, 6.07) is 1.14. The number of hydrogen-bond acceptors (Lipinski definition) is 3. The van der Waals surface area contributed by atoms with Crippen LogP contribution in [-0.2, 0) is 14.3 Å². The van der Waals surface area contributed by atoms with Gasteiger partial charge in [-0.15, -0.1) is 12.3 Å². The third-order valence-electron chi connectivity index (χ3n) is 3.50. The molecule has 0 aromatic rings. The summed E-state index contributed by atoms with van der Waals surface area (Å²) in [5.74, 6) is 2.86. The predicted octanol–water partition coefficient (Wildman–Crippen LogP) is 3.24. The molecule has 1 rings (SSSR count). The SMILES string of the molecule is C#CC[C@@]1(COCOCC[Si](C)(C)C)C=CC(=O)CC1. The second-order valence-electron chi connectivity index (χ2n) is 6.73. The normalized spacial score (nSPS) is 22.8. The first-order valence-corrected chi connectivity index (χ1v) is 10.9. The summed E-state index contributed by atoms with van der Waals surface area (Å²) >= 11 is 0. The first-order chi connectivity index (χ1) is 9.37. The zero-order chi connectivity index (χ0) is 15.1. The Balaban J connectivity index is 2.29. The molecule has 0 fully saturated rings. The summed E-state index contributed by atoms with van der Waals surface area (Å²) in [7, 11) is -1.04. The van der Waals surface area contributed by atoms with Gasteiger partial charge in [0.1, 0.15) is 6.79 Å². The first-order valence-electron chi connectivity index (χ1n) is 7.18. The molecule has 0 N–H and O–H groups in total. The van der Waals surface area contributed by atoms with Gasteiger partial charge in [0, 0.05) is 32.9 Å². The van der Waals surface area contributed by atoms with E-state index >= 15 is 0 Å². The third kappa shape index (κ3) is 6.51. The second kappa shape index (κ2) is 7.77. The van der Waals surface area contributed by atoms with Crippen LogP contribution in [0.15, 0.2) is 12.2 Å². The van der Waals surface area contributed by atoms with Crippen molar-refractivity contribution in [2.75, 3.05) is 20.0 Å². The molecule has 0 saturated carbocycles. The molecule has 0 heterocycles. The number of allylic oxidation sites excluding steroid dienone is 1. The minimum Gasteiger partial charge on any atom is -0.356 e. The highest BCUT2D eigenvalue weighted by atomic mass is 28.3. The van der Waals surface area contributed by atoms with Crippen LogP contribution in [0.25, 0.3) is 0 Å². The van der Waals surface area contributed by atoms with E-state index in [1.54, 1.807) is 6.08 Å². The Hall–Kier alpha value is -0.893. The van der Waals surface area contributed by atoms with E-state index in [-0.39, 0.29) is 11.2 Å². The number of hydrogen-bond donors (Lipinski definition) is 0. The molecule has 4 heteroatoms. The van der Waals surface area contributed by atoms with Crippen molar-refractivity contribution in [3.05, 3.63) is 12.2 Å². The zero-order valence-corrected chi connectivity index (χ0v) is 13.9. The predicted molar refractivity (Wildman–Crippen MR) is 84.2 cm³/mol. The molecule has 1 aliphatic carbocycles. The van der Waals surface area contributed by atoms with Crippen LogP contribution >= 0.6 is 0 Å². The number of terminal acetylenes is 1. The Morgan fingerprint density at radius 3 is 2.70 bits per heavy atom. The largest absolute Gasteiger partial charge is 0.356 e. The van der Waals surface area contributed by atoms with E-state index in [2.05, 4.69) is 25.6 Å². The Kier molecular flexibility index (Phi) is 6.67. The number of carbonyl (C=O) groups is 1. The lowest BCUT2D eigenvalue weighted by Gasteiger charge is -2.30. The van der Waals surface area contributed by atoms with Gasteiger partial charge in [-0.25, -0.2) is 0 Å². The minimum absolute atomic E-state index is 0.170. The van der Waals surface area contributed by atoms with E-state index in [0.29, 0.717) is 26.2 Å². The molecule has 0 bridgehead atoms. The van der Waals surface area contributed by atoms with E-state index in [9.17, 15) is 4.79 Å². The Labute approximate surface area is 123 Å². The van der Waals surface area contributed by atoms with Crippen LogP contribution in [0, 0.1) is 17.8 Å². The molecule has 0 aliphatic heterocycles. The van der Waals surface area contributed by atoms with Crippen molar-refractivity contribution in [3.63, 3.8) is 0 Å². The van der Waals surface area contributed by atoms with Gasteiger partial charge in [-0.2, -0.15) is 0 Å². The maximum atomic E-state index is 11.3. The minimum atomic E-state index is -1.04. The van der Waals surface area contributed by atoms with E-state index in [1.807, 2.05) is 6.08 Å². The summed E-state index contributed by atoms with van der Waals surface area (Å²) in [6.45, 7) is 8.55. The van der Waals surface area contributed by atoms with Gasteiger partial charge in [0.05, 0.1) is 6.61 Å². The molecule has 1 aliphatic rings. The molecule has 1 atom stereocenters. The van der Waals surface area contributed by atoms with Gasteiger partial charge in [-0.1, -0.05) is 25.7 Å². The van der Waals surface area contributed by atoms with Gasteiger partial charge in [0.15, 0.2) is 5.78 Å². The van der Waals surface area contributed by atoms with Crippen LogP contribution in [0.5, 0.6) is 0 Å². The Morgan fingerprint density at radius 2 is 2.15 bits per heavy atom. The summed E-state index contributed by atoms with van der Waals surface area (Å²) in [6.07, 6.45) is 10.9. The lowest BCUT2D eigenvalue weighted by molar-refractivity contribution is -0.116. The lowest BCUT2D eigenvalue weighted by Crippen LogP contribution is -2.29. The van der Waals surface area contributed by atoms with Gasteiger partial charge in [-0.05, 0) is 18.5 Å². The van der Waals surface area contributed by atoms with Crippen molar-refractivity contribution >= 4 is 13.9 Å². The third-order valence-corrected chi connectivity index (χ3v) is 5.20. The highest BCUT2D eigenvalue weighted by Gasteiger charge is 2.30. The fraction of sp³-hybridized carbons (Fsp3) is 0.688. The van der Waals surface area contributed by atoms with Crippen LogP contribution < -0.4 is 0 Å².